The first kappa shape index (κ1) is 19.3. The third-order valence-corrected chi connectivity index (χ3v) is 4.39. The van der Waals surface area contributed by atoms with E-state index < -0.39 is 11.2 Å². The molecular weight excluding hydrogens is 356 g/mol. The maximum atomic E-state index is 12.3. The van der Waals surface area contributed by atoms with Gasteiger partial charge < -0.3 is 4.57 Å². The summed E-state index contributed by atoms with van der Waals surface area (Å²) in [5, 5.41) is 4.35. The van der Waals surface area contributed by atoms with Crippen molar-refractivity contribution in [1.29, 1.82) is 0 Å². The zero-order valence-electron chi connectivity index (χ0n) is 16.3. The quantitative estimate of drug-likeness (QED) is 0.486. The van der Waals surface area contributed by atoms with Crippen LogP contribution in [0.2, 0.25) is 0 Å². The van der Waals surface area contributed by atoms with Crippen LogP contribution in [-0.4, -0.2) is 24.8 Å². The van der Waals surface area contributed by atoms with Crippen molar-refractivity contribution in [3.05, 3.63) is 62.8 Å². The van der Waals surface area contributed by atoms with E-state index in [9.17, 15) is 9.59 Å². The number of aromatic amines is 1. The third kappa shape index (κ3) is 4.11. The lowest BCUT2D eigenvalue weighted by molar-refractivity contribution is 0.647. The highest BCUT2D eigenvalue weighted by Gasteiger charge is 2.16. The fourth-order valence-electron chi connectivity index (χ4n) is 2.81. The van der Waals surface area contributed by atoms with Gasteiger partial charge in [-0.15, -0.1) is 0 Å². The zero-order chi connectivity index (χ0) is 20.1. The number of imidazole rings is 1. The molecule has 8 heteroatoms. The van der Waals surface area contributed by atoms with Crippen molar-refractivity contribution in [3.63, 3.8) is 0 Å². The van der Waals surface area contributed by atoms with E-state index in [2.05, 4.69) is 27.4 Å². The van der Waals surface area contributed by atoms with E-state index in [0.29, 0.717) is 23.7 Å². The summed E-state index contributed by atoms with van der Waals surface area (Å²) in [5.41, 5.74) is 4.53. The van der Waals surface area contributed by atoms with Gasteiger partial charge in [0.2, 0.25) is 5.95 Å². The van der Waals surface area contributed by atoms with E-state index in [1.54, 1.807) is 11.6 Å². The number of rotatable bonds is 7. The summed E-state index contributed by atoms with van der Waals surface area (Å²) in [6.45, 7) is 4.54. The standard InChI is InChI=1S/C20H24N6O2/c1-4-5-13-26-16-17(25(3)20(28)22-18(16)27)21-19(26)24-23-14(2)11-12-15-9-7-6-8-10-15/h6-12H,4-5,13H2,1-3H3,(H,21,24)(H,22,27,28)/b12-11+,23-14+. The fourth-order valence-corrected chi connectivity index (χ4v) is 2.81. The van der Waals surface area contributed by atoms with E-state index >= 15 is 0 Å². The lowest BCUT2D eigenvalue weighted by atomic mass is 10.2. The number of hydrazone groups is 1. The van der Waals surface area contributed by atoms with Gasteiger partial charge in [0.15, 0.2) is 11.2 Å². The van der Waals surface area contributed by atoms with Gasteiger partial charge in [0.05, 0.1) is 5.71 Å². The summed E-state index contributed by atoms with van der Waals surface area (Å²) in [6.07, 6.45) is 5.70. The van der Waals surface area contributed by atoms with E-state index in [1.807, 2.05) is 49.4 Å². The van der Waals surface area contributed by atoms with E-state index in [0.717, 1.165) is 24.1 Å². The summed E-state index contributed by atoms with van der Waals surface area (Å²) in [6, 6.07) is 9.93. The summed E-state index contributed by atoms with van der Waals surface area (Å²) >= 11 is 0. The number of aromatic nitrogens is 4. The van der Waals surface area contributed by atoms with Crippen molar-refractivity contribution >= 4 is 28.9 Å². The molecule has 3 rings (SSSR count). The summed E-state index contributed by atoms with van der Waals surface area (Å²) < 4.78 is 3.10. The van der Waals surface area contributed by atoms with Gasteiger partial charge in [-0.3, -0.25) is 14.3 Å². The number of nitrogens with zero attached hydrogens (tertiary/aromatic N) is 4. The first-order chi connectivity index (χ1) is 13.5. The normalized spacial score (nSPS) is 12.2. The number of aryl methyl sites for hydroxylation is 2. The van der Waals surface area contributed by atoms with Gasteiger partial charge in [-0.05, 0) is 25.0 Å². The number of fused-ring (bicyclic) bond motifs is 1. The van der Waals surface area contributed by atoms with Crippen LogP contribution in [0.3, 0.4) is 0 Å². The first-order valence-corrected chi connectivity index (χ1v) is 9.24. The van der Waals surface area contributed by atoms with Crippen molar-refractivity contribution in [2.45, 2.75) is 33.2 Å². The Hall–Kier alpha value is -3.42. The molecule has 146 valence electrons. The zero-order valence-corrected chi connectivity index (χ0v) is 16.3. The van der Waals surface area contributed by atoms with Gasteiger partial charge in [0.25, 0.3) is 5.56 Å². The second-order valence-corrected chi connectivity index (χ2v) is 6.54. The number of hydrogen-bond donors (Lipinski definition) is 2. The van der Waals surface area contributed by atoms with Crippen molar-refractivity contribution < 1.29 is 0 Å². The van der Waals surface area contributed by atoms with Crippen LogP contribution in [0, 0.1) is 0 Å². The monoisotopic (exact) mass is 380 g/mol. The van der Waals surface area contributed by atoms with Crippen LogP contribution in [0.15, 0.2) is 51.1 Å². The molecule has 0 aliphatic carbocycles. The minimum absolute atomic E-state index is 0.333. The number of allylic oxidation sites excluding steroid dienone is 1. The molecule has 2 heterocycles. The molecule has 8 nitrogen and oxygen atoms in total. The highest BCUT2D eigenvalue weighted by atomic mass is 16.2. The van der Waals surface area contributed by atoms with Crippen LogP contribution in [0.4, 0.5) is 5.95 Å². The summed E-state index contributed by atoms with van der Waals surface area (Å²) in [5.74, 6) is 0.433. The van der Waals surface area contributed by atoms with Crippen molar-refractivity contribution in [2.75, 3.05) is 5.43 Å². The van der Waals surface area contributed by atoms with Crippen LogP contribution < -0.4 is 16.7 Å². The Morgan fingerprint density at radius 1 is 1.29 bits per heavy atom. The molecule has 0 aliphatic heterocycles. The largest absolute Gasteiger partial charge is 0.329 e. The highest BCUT2D eigenvalue weighted by molar-refractivity contribution is 5.96. The maximum Gasteiger partial charge on any atom is 0.329 e. The Balaban J connectivity index is 1.94. The lowest BCUT2D eigenvalue weighted by Gasteiger charge is -2.07. The van der Waals surface area contributed by atoms with Gasteiger partial charge in [-0.2, -0.15) is 10.1 Å². The van der Waals surface area contributed by atoms with E-state index in [-0.39, 0.29) is 0 Å². The molecule has 2 N–H and O–H groups in total. The molecule has 0 radical (unpaired) electrons. The van der Waals surface area contributed by atoms with Crippen LogP contribution in [0.1, 0.15) is 32.3 Å². The molecular formula is C20H24N6O2. The molecule has 28 heavy (non-hydrogen) atoms. The highest BCUT2D eigenvalue weighted by Crippen LogP contribution is 2.16. The van der Waals surface area contributed by atoms with E-state index in [4.69, 9.17) is 0 Å². The number of H-pyrrole nitrogens is 1. The molecule has 0 aliphatic rings. The average Bonchev–Trinajstić information content (AvgIpc) is 3.07. The van der Waals surface area contributed by atoms with Crippen molar-refractivity contribution in [3.8, 4) is 0 Å². The minimum Gasteiger partial charge on any atom is -0.303 e. The Bertz CT molecular complexity index is 1140. The Morgan fingerprint density at radius 2 is 2.04 bits per heavy atom. The van der Waals surface area contributed by atoms with Crippen LogP contribution in [0.25, 0.3) is 17.2 Å². The second kappa shape index (κ2) is 8.51. The first-order valence-electron chi connectivity index (χ1n) is 9.24. The molecule has 0 unspecified atom stereocenters. The molecule has 0 atom stereocenters. The molecule has 0 saturated heterocycles. The van der Waals surface area contributed by atoms with E-state index in [1.165, 1.54) is 4.57 Å². The Kier molecular flexibility index (Phi) is 5.88. The number of unbranched alkanes of at least 4 members (excludes halogenated alkanes) is 1. The number of hydrogen-bond acceptors (Lipinski definition) is 5. The number of benzene rings is 1. The minimum atomic E-state index is -0.491. The lowest BCUT2D eigenvalue weighted by Crippen LogP contribution is -2.29. The van der Waals surface area contributed by atoms with Crippen molar-refractivity contribution in [2.24, 2.45) is 12.1 Å². The molecule has 0 bridgehead atoms. The number of anilines is 1. The average molecular weight is 380 g/mol. The van der Waals surface area contributed by atoms with Crippen LogP contribution in [0.5, 0.6) is 0 Å². The Morgan fingerprint density at radius 3 is 2.75 bits per heavy atom. The van der Waals surface area contributed by atoms with Gasteiger partial charge in [0.1, 0.15) is 0 Å². The van der Waals surface area contributed by atoms with Crippen molar-refractivity contribution in [1.82, 2.24) is 19.1 Å². The molecule has 2 aromatic heterocycles. The summed E-state index contributed by atoms with van der Waals surface area (Å²) in [7, 11) is 1.58. The molecule has 0 saturated carbocycles. The summed E-state index contributed by atoms with van der Waals surface area (Å²) in [4.78, 5) is 31.0. The second-order valence-electron chi connectivity index (χ2n) is 6.54. The number of nitrogens with one attached hydrogen (secondary N) is 2. The van der Waals surface area contributed by atoms with Crippen LogP contribution in [-0.2, 0) is 13.6 Å². The molecule has 3 aromatic rings. The third-order valence-electron chi connectivity index (χ3n) is 4.39. The van der Waals surface area contributed by atoms with Crippen LogP contribution >= 0.6 is 0 Å². The predicted octanol–water partition coefficient (Wildman–Crippen LogP) is 2.72. The molecule has 0 amide bonds. The Labute approximate surface area is 162 Å². The van der Waals surface area contributed by atoms with Gasteiger partial charge in [-0.1, -0.05) is 49.8 Å². The maximum absolute atomic E-state index is 12.3. The van der Waals surface area contributed by atoms with Gasteiger partial charge >= 0.3 is 5.69 Å². The van der Waals surface area contributed by atoms with Gasteiger partial charge in [-0.25, -0.2) is 10.2 Å². The molecule has 1 aromatic carbocycles. The molecule has 0 fully saturated rings. The predicted molar refractivity (Wildman–Crippen MR) is 113 cm³/mol. The molecule has 0 spiro atoms. The SMILES string of the molecule is CCCCn1c(N/N=C(C)/C=C/c2ccccc2)nc2c1c(=O)[nH]c(=O)n2C. The fraction of sp³-hybridized carbons (Fsp3) is 0.300. The smallest absolute Gasteiger partial charge is 0.303 e. The van der Waals surface area contributed by atoms with Gasteiger partial charge in [0, 0.05) is 13.6 Å². The topological polar surface area (TPSA) is 97.1 Å².